The van der Waals surface area contributed by atoms with Crippen molar-refractivity contribution in [2.75, 3.05) is 0 Å². The number of aromatic nitrogens is 3. The van der Waals surface area contributed by atoms with Gasteiger partial charge in [0.15, 0.2) is 0 Å². The molecule has 3 aromatic rings. The average molecular weight is 197 g/mol. The number of aromatic amines is 1. The summed E-state index contributed by atoms with van der Waals surface area (Å²) in [4.78, 5) is 7.71. The van der Waals surface area contributed by atoms with Gasteiger partial charge in [0, 0.05) is 18.1 Å². The Morgan fingerprint density at radius 1 is 1.20 bits per heavy atom. The number of hydrogen-bond acceptors (Lipinski definition) is 1. The molecule has 0 saturated carbocycles. The lowest BCUT2D eigenvalue weighted by Crippen LogP contribution is -1.86. The smallest absolute Gasteiger partial charge is 0.137 e. The largest absolute Gasteiger partial charge is 0.360 e. The number of rotatable bonds is 1. The number of hydrogen-bond donors (Lipinski definition) is 1. The van der Waals surface area contributed by atoms with Gasteiger partial charge in [0.2, 0.25) is 0 Å². The molecule has 1 N–H and O–H groups in total. The molecule has 3 heterocycles. The van der Waals surface area contributed by atoms with Gasteiger partial charge in [0.05, 0.1) is 5.69 Å². The number of H-pyrrole nitrogens is 1. The SMILES string of the molecule is Cc1cccc2nc(-c3ccc[nH]3)cn12. The van der Waals surface area contributed by atoms with E-state index in [0.717, 1.165) is 17.0 Å². The van der Waals surface area contributed by atoms with Crippen molar-refractivity contribution in [3.63, 3.8) is 0 Å². The van der Waals surface area contributed by atoms with Crippen LogP contribution in [0, 0.1) is 6.92 Å². The fourth-order valence-corrected chi connectivity index (χ4v) is 1.77. The molecule has 0 radical (unpaired) electrons. The van der Waals surface area contributed by atoms with Gasteiger partial charge in [-0.15, -0.1) is 0 Å². The van der Waals surface area contributed by atoms with Crippen LogP contribution in [0.25, 0.3) is 17.0 Å². The number of nitrogens with one attached hydrogen (secondary N) is 1. The van der Waals surface area contributed by atoms with Crippen molar-refractivity contribution in [2.45, 2.75) is 6.92 Å². The molecule has 3 rings (SSSR count). The zero-order chi connectivity index (χ0) is 10.3. The molecule has 3 heteroatoms. The molecule has 0 bridgehead atoms. The third-order valence-corrected chi connectivity index (χ3v) is 2.57. The molecular formula is C12H11N3. The fourth-order valence-electron chi connectivity index (χ4n) is 1.77. The summed E-state index contributed by atoms with van der Waals surface area (Å²) >= 11 is 0. The van der Waals surface area contributed by atoms with E-state index in [1.165, 1.54) is 5.69 Å². The normalized spacial score (nSPS) is 11.0. The van der Waals surface area contributed by atoms with E-state index in [2.05, 4.69) is 33.6 Å². The van der Waals surface area contributed by atoms with Gasteiger partial charge in [0.1, 0.15) is 11.3 Å². The predicted octanol–water partition coefficient (Wildman–Crippen LogP) is 2.64. The maximum Gasteiger partial charge on any atom is 0.137 e. The zero-order valence-corrected chi connectivity index (χ0v) is 8.44. The van der Waals surface area contributed by atoms with Crippen LogP contribution in [0.3, 0.4) is 0 Å². The van der Waals surface area contributed by atoms with E-state index in [-0.39, 0.29) is 0 Å². The van der Waals surface area contributed by atoms with Gasteiger partial charge in [-0.1, -0.05) is 6.07 Å². The average Bonchev–Trinajstić information content (AvgIpc) is 2.86. The highest BCUT2D eigenvalue weighted by Crippen LogP contribution is 2.17. The molecule has 3 nitrogen and oxygen atoms in total. The molecule has 0 aromatic carbocycles. The molecule has 0 aliphatic rings. The lowest BCUT2D eigenvalue weighted by atomic mass is 10.3. The van der Waals surface area contributed by atoms with Gasteiger partial charge in [-0.2, -0.15) is 0 Å². The van der Waals surface area contributed by atoms with Crippen molar-refractivity contribution in [3.8, 4) is 11.4 Å². The second-order valence-corrected chi connectivity index (χ2v) is 3.61. The van der Waals surface area contributed by atoms with Gasteiger partial charge in [-0.3, -0.25) is 0 Å². The summed E-state index contributed by atoms with van der Waals surface area (Å²) in [6.45, 7) is 2.08. The third-order valence-electron chi connectivity index (χ3n) is 2.57. The van der Waals surface area contributed by atoms with Crippen LogP contribution in [0.2, 0.25) is 0 Å². The van der Waals surface area contributed by atoms with Crippen molar-refractivity contribution in [3.05, 3.63) is 48.4 Å². The predicted molar refractivity (Wildman–Crippen MR) is 59.7 cm³/mol. The summed E-state index contributed by atoms with van der Waals surface area (Å²) in [6.07, 6.45) is 3.96. The highest BCUT2D eigenvalue weighted by atomic mass is 15.0. The second kappa shape index (κ2) is 2.98. The summed E-state index contributed by atoms with van der Waals surface area (Å²) in [5, 5.41) is 0. The van der Waals surface area contributed by atoms with E-state index in [1.807, 2.05) is 30.5 Å². The minimum Gasteiger partial charge on any atom is -0.360 e. The third kappa shape index (κ3) is 1.24. The van der Waals surface area contributed by atoms with Gasteiger partial charge in [0.25, 0.3) is 0 Å². The molecule has 0 unspecified atom stereocenters. The number of nitrogens with zero attached hydrogens (tertiary/aromatic N) is 2. The molecular weight excluding hydrogens is 186 g/mol. The number of aryl methyl sites for hydroxylation is 1. The first-order valence-corrected chi connectivity index (χ1v) is 4.93. The Labute approximate surface area is 87.4 Å². The van der Waals surface area contributed by atoms with E-state index < -0.39 is 0 Å². The summed E-state index contributed by atoms with van der Waals surface area (Å²) in [6, 6.07) is 10.1. The Bertz CT molecular complexity index is 590. The molecule has 74 valence electrons. The topological polar surface area (TPSA) is 33.1 Å². The maximum absolute atomic E-state index is 4.55. The highest BCUT2D eigenvalue weighted by Gasteiger charge is 2.04. The summed E-state index contributed by atoms with van der Waals surface area (Å²) in [5.41, 5.74) is 4.21. The molecule has 0 amide bonds. The lowest BCUT2D eigenvalue weighted by Gasteiger charge is -1.95. The second-order valence-electron chi connectivity index (χ2n) is 3.61. The molecule has 0 saturated heterocycles. The minimum atomic E-state index is 0.981. The van der Waals surface area contributed by atoms with Crippen LogP contribution in [0.4, 0.5) is 0 Å². The molecule has 3 aromatic heterocycles. The first kappa shape index (κ1) is 8.29. The Balaban J connectivity index is 2.27. The lowest BCUT2D eigenvalue weighted by molar-refractivity contribution is 1.09. The number of pyridine rings is 1. The van der Waals surface area contributed by atoms with Crippen LogP contribution in [0.15, 0.2) is 42.7 Å². The van der Waals surface area contributed by atoms with Crippen LogP contribution in [0.1, 0.15) is 5.69 Å². The first-order valence-electron chi connectivity index (χ1n) is 4.93. The summed E-state index contributed by atoms with van der Waals surface area (Å²) < 4.78 is 2.09. The van der Waals surface area contributed by atoms with Crippen LogP contribution in [0.5, 0.6) is 0 Å². The number of imidazole rings is 1. The van der Waals surface area contributed by atoms with E-state index in [9.17, 15) is 0 Å². The van der Waals surface area contributed by atoms with E-state index in [4.69, 9.17) is 0 Å². The molecule has 0 aliphatic heterocycles. The molecule has 0 aliphatic carbocycles. The van der Waals surface area contributed by atoms with Gasteiger partial charge >= 0.3 is 0 Å². The molecule has 0 fully saturated rings. The molecule has 0 atom stereocenters. The number of fused-ring (bicyclic) bond motifs is 1. The highest BCUT2D eigenvalue weighted by molar-refractivity contribution is 5.59. The van der Waals surface area contributed by atoms with Crippen molar-refractivity contribution < 1.29 is 0 Å². The summed E-state index contributed by atoms with van der Waals surface area (Å²) in [5.74, 6) is 0. The van der Waals surface area contributed by atoms with Gasteiger partial charge in [-0.05, 0) is 31.2 Å². The van der Waals surface area contributed by atoms with Crippen molar-refractivity contribution in [1.29, 1.82) is 0 Å². The Morgan fingerprint density at radius 3 is 2.87 bits per heavy atom. The van der Waals surface area contributed by atoms with E-state index in [0.29, 0.717) is 0 Å². The van der Waals surface area contributed by atoms with Crippen LogP contribution >= 0.6 is 0 Å². The van der Waals surface area contributed by atoms with Gasteiger partial charge < -0.3 is 9.38 Å². The Kier molecular flexibility index (Phi) is 1.65. The quantitative estimate of drug-likeness (QED) is 0.639. The zero-order valence-electron chi connectivity index (χ0n) is 8.44. The summed E-state index contributed by atoms with van der Waals surface area (Å²) in [7, 11) is 0. The fraction of sp³-hybridized carbons (Fsp3) is 0.0833. The van der Waals surface area contributed by atoms with Crippen molar-refractivity contribution >= 4 is 5.65 Å². The molecule has 15 heavy (non-hydrogen) atoms. The minimum absolute atomic E-state index is 0.981. The van der Waals surface area contributed by atoms with Crippen molar-refractivity contribution in [1.82, 2.24) is 14.4 Å². The monoisotopic (exact) mass is 197 g/mol. The van der Waals surface area contributed by atoms with E-state index >= 15 is 0 Å². The van der Waals surface area contributed by atoms with Crippen LogP contribution in [-0.4, -0.2) is 14.4 Å². The van der Waals surface area contributed by atoms with Gasteiger partial charge in [-0.25, -0.2) is 4.98 Å². The van der Waals surface area contributed by atoms with E-state index in [1.54, 1.807) is 0 Å². The first-order chi connectivity index (χ1) is 7.34. The van der Waals surface area contributed by atoms with Crippen LogP contribution < -0.4 is 0 Å². The Hall–Kier alpha value is -2.03. The standard InChI is InChI=1S/C12H11N3/c1-9-4-2-6-12-14-11(8-15(9)12)10-5-3-7-13-10/h2-8,13H,1H3. The van der Waals surface area contributed by atoms with Crippen molar-refractivity contribution in [2.24, 2.45) is 0 Å². The molecule has 0 spiro atoms. The van der Waals surface area contributed by atoms with Crippen LogP contribution in [-0.2, 0) is 0 Å². The Morgan fingerprint density at radius 2 is 2.13 bits per heavy atom. The maximum atomic E-state index is 4.55.